The fourth-order valence-electron chi connectivity index (χ4n) is 3.64. The summed E-state index contributed by atoms with van der Waals surface area (Å²) in [5.41, 5.74) is 0. The van der Waals surface area contributed by atoms with E-state index in [9.17, 15) is 8.42 Å². The van der Waals surface area contributed by atoms with Crippen molar-refractivity contribution in [3.8, 4) is 11.5 Å². The van der Waals surface area contributed by atoms with Crippen LogP contribution in [0.1, 0.15) is 25.7 Å². The van der Waals surface area contributed by atoms with Gasteiger partial charge < -0.3 is 9.47 Å². The molecule has 5 nitrogen and oxygen atoms in total. The molecule has 116 valence electrons. The van der Waals surface area contributed by atoms with Gasteiger partial charge >= 0.3 is 0 Å². The maximum absolute atomic E-state index is 12.5. The molecule has 0 radical (unpaired) electrons. The van der Waals surface area contributed by atoms with Gasteiger partial charge in [0.15, 0.2) is 11.5 Å². The van der Waals surface area contributed by atoms with Gasteiger partial charge in [-0.1, -0.05) is 6.42 Å². The van der Waals surface area contributed by atoms with E-state index in [1.165, 1.54) is 33.1 Å². The van der Waals surface area contributed by atoms with Crippen LogP contribution in [-0.2, 0) is 10.0 Å². The lowest BCUT2D eigenvalue weighted by atomic mass is 9.96. The van der Waals surface area contributed by atoms with E-state index in [4.69, 9.17) is 9.47 Å². The molecule has 1 aromatic rings. The Morgan fingerprint density at radius 3 is 2.43 bits per heavy atom. The lowest BCUT2D eigenvalue weighted by Gasteiger charge is -2.23. The minimum atomic E-state index is -3.51. The molecule has 2 aliphatic carbocycles. The van der Waals surface area contributed by atoms with E-state index in [-0.39, 0.29) is 10.9 Å². The monoisotopic (exact) mass is 311 g/mol. The second-order valence-corrected chi connectivity index (χ2v) is 7.63. The van der Waals surface area contributed by atoms with Gasteiger partial charge in [0.2, 0.25) is 10.0 Å². The first-order valence-electron chi connectivity index (χ1n) is 7.28. The molecule has 0 aliphatic heterocycles. The van der Waals surface area contributed by atoms with Crippen molar-refractivity contribution in [2.75, 3.05) is 14.2 Å². The van der Waals surface area contributed by atoms with Crippen LogP contribution in [0.15, 0.2) is 23.1 Å². The molecule has 2 fully saturated rings. The number of hydrogen-bond acceptors (Lipinski definition) is 4. The summed E-state index contributed by atoms with van der Waals surface area (Å²) in [5.74, 6) is 2.16. The normalized spacial score (nSPS) is 27.8. The Kier molecular flexibility index (Phi) is 3.84. The standard InChI is InChI=1S/C15H21NO4S/c1-19-14-6-5-12(9-15(14)20-2)21(17,18)16-13-8-10-3-4-11(13)7-10/h5-6,9-11,13,16H,3-4,7-8H2,1-2H3/t10-,11-,13+/m0/s1. The first kappa shape index (κ1) is 14.7. The van der Waals surface area contributed by atoms with Crippen molar-refractivity contribution in [1.29, 1.82) is 0 Å². The minimum Gasteiger partial charge on any atom is -0.493 e. The number of methoxy groups -OCH3 is 2. The molecule has 1 N–H and O–H groups in total. The Morgan fingerprint density at radius 2 is 1.86 bits per heavy atom. The summed E-state index contributed by atoms with van der Waals surface area (Å²) >= 11 is 0. The third-order valence-corrected chi connectivity index (χ3v) is 6.20. The minimum absolute atomic E-state index is 0.0850. The van der Waals surface area contributed by atoms with Gasteiger partial charge in [0, 0.05) is 12.1 Å². The Labute approximate surface area is 125 Å². The van der Waals surface area contributed by atoms with Crippen molar-refractivity contribution in [2.24, 2.45) is 11.8 Å². The van der Waals surface area contributed by atoms with Crippen molar-refractivity contribution in [1.82, 2.24) is 4.72 Å². The molecule has 0 aromatic heterocycles. The van der Waals surface area contributed by atoms with Gasteiger partial charge in [0.25, 0.3) is 0 Å². The highest BCUT2D eigenvalue weighted by Gasteiger charge is 2.41. The fraction of sp³-hybridized carbons (Fsp3) is 0.600. The number of fused-ring (bicyclic) bond motifs is 2. The topological polar surface area (TPSA) is 64.6 Å². The van der Waals surface area contributed by atoms with Crippen LogP contribution in [0.25, 0.3) is 0 Å². The zero-order valence-corrected chi connectivity index (χ0v) is 13.2. The van der Waals surface area contributed by atoms with Crippen molar-refractivity contribution < 1.29 is 17.9 Å². The molecule has 0 amide bonds. The molecule has 21 heavy (non-hydrogen) atoms. The van der Waals surface area contributed by atoms with Crippen LogP contribution in [0, 0.1) is 11.8 Å². The van der Waals surface area contributed by atoms with E-state index in [2.05, 4.69) is 4.72 Å². The van der Waals surface area contributed by atoms with Gasteiger partial charge in [-0.15, -0.1) is 0 Å². The lowest BCUT2D eigenvalue weighted by molar-refractivity contribution is 0.353. The summed E-state index contributed by atoms with van der Waals surface area (Å²) in [6, 6.07) is 4.77. The highest BCUT2D eigenvalue weighted by molar-refractivity contribution is 7.89. The molecule has 3 rings (SSSR count). The van der Waals surface area contributed by atoms with E-state index < -0.39 is 10.0 Å². The first-order valence-corrected chi connectivity index (χ1v) is 8.76. The smallest absolute Gasteiger partial charge is 0.240 e. The molecular weight excluding hydrogens is 290 g/mol. The number of benzene rings is 1. The van der Waals surface area contributed by atoms with Gasteiger partial charge in [0.1, 0.15) is 0 Å². The number of rotatable bonds is 5. The molecule has 2 bridgehead atoms. The van der Waals surface area contributed by atoms with Crippen molar-refractivity contribution in [3.63, 3.8) is 0 Å². The Morgan fingerprint density at radius 1 is 1.10 bits per heavy atom. The first-order chi connectivity index (χ1) is 10.0. The molecular formula is C15H21NO4S. The maximum Gasteiger partial charge on any atom is 0.240 e. The SMILES string of the molecule is COc1ccc(S(=O)(=O)N[C@@H]2C[C@H]3CC[C@H]2C3)cc1OC. The van der Waals surface area contributed by atoms with Crippen LogP contribution in [0.3, 0.4) is 0 Å². The van der Waals surface area contributed by atoms with Crippen molar-refractivity contribution >= 4 is 10.0 Å². The summed E-state index contributed by atoms with van der Waals surface area (Å²) < 4.78 is 38.2. The largest absolute Gasteiger partial charge is 0.493 e. The zero-order chi connectivity index (χ0) is 15.0. The molecule has 6 heteroatoms. The van der Waals surface area contributed by atoms with Gasteiger partial charge in [-0.2, -0.15) is 0 Å². The predicted molar refractivity (Wildman–Crippen MR) is 79.1 cm³/mol. The maximum atomic E-state index is 12.5. The van der Waals surface area contributed by atoms with Gasteiger partial charge in [0.05, 0.1) is 19.1 Å². The third kappa shape index (κ3) is 2.74. The van der Waals surface area contributed by atoms with Crippen LogP contribution >= 0.6 is 0 Å². The van der Waals surface area contributed by atoms with Crippen molar-refractivity contribution in [3.05, 3.63) is 18.2 Å². The highest BCUT2D eigenvalue weighted by Crippen LogP contribution is 2.45. The van der Waals surface area contributed by atoms with Gasteiger partial charge in [-0.25, -0.2) is 13.1 Å². The Hall–Kier alpha value is -1.27. The quantitative estimate of drug-likeness (QED) is 0.905. The summed E-state index contributed by atoms with van der Waals surface area (Å²) in [4.78, 5) is 0.225. The molecule has 1 aromatic carbocycles. The Bertz CT molecular complexity index is 629. The number of nitrogens with one attached hydrogen (secondary N) is 1. The summed E-state index contributed by atoms with van der Waals surface area (Å²) in [6.45, 7) is 0. The van der Waals surface area contributed by atoms with Crippen LogP contribution in [-0.4, -0.2) is 28.7 Å². The van der Waals surface area contributed by atoms with Crippen LogP contribution in [0.2, 0.25) is 0 Å². The number of hydrogen-bond donors (Lipinski definition) is 1. The Balaban J connectivity index is 1.81. The summed E-state index contributed by atoms with van der Waals surface area (Å²) in [5, 5.41) is 0. The number of ether oxygens (including phenoxy) is 2. The van der Waals surface area contributed by atoms with E-state index in [0.29, 0.717) is 23.3 Å². The second-order valence-electron chi connectivity index (χ2n) is 5.92. The van der Waals surface area contributed by atoms with Crippen LogP contribution in [0.5, 0.6) is 11.5 Å². The molecule has 2 aliphatic rings. The molecule has 0 spiro atoms. The van der Waals surface area contributed by atoms with E-state index in [1.54, 1.807) is 12.1 Å². The molecule has 0 heterocycles. The number of sulfonamides is 1. The molecule has 3 atom stereocenters. The average molecular weight is 311 g/mol. The predicted octanol–water partition coefficient (Wildman–Crippen LogP) is 2.17. The fourth-order valence-corrected chi connectivity index (χ4v) is 4.97. The highest BCUT2D eigenvalue weighted by atomic mass is 32.2. The second kappa shape index (κ2) is 5.50. The van der Waals surface area contributed by atoms with Crippen LogP contribution in [0.4, 0.5) is 0 Å². The lowest BCUT2D eigenvalue weighted by Crippen LogP contribution is -2.38. The molecule has 2 saturated carbocycles. The van der Waals surface area contributed by atoms with Gasteiger partial charge in [-0.3, -0.25) is 0 Å². The van der Waals surface area contributed by atoms with Gasteiger partial charge in [-0.05, 0) is 43.2 Å². The average Bonchev–Trinajstić information content (AvgIpc) is 3.08. The summed E-state index contributed by atoms with van der Waals surface area (Å²) in [6.07, 6.45) is 4.53. The molecule has 0 unspecified atom stereocenters. The van der Waals surface area contributed by atoms with Crippen molar-refractivity contribution in [2.45, 2.75) is 36.6 Å². The third-order valence-electron chi connectivity index (χ3n) is 4.71. The van der Waals surface area contributed by atoms with E-state index in [1.807, 2.05) is 0 Å². The van der Waals surface area contributed by atoms with E-state index >= 15 is 0 Å². The van der Waals surface area contributed by atoms with E-state index in [0.717, 1.165) is 12.8 Å². The summed E-state index contributed by atoms with van der Waals surface area (Å²) in [7, 11) is -0.484. The van der Waals surface area contributed by atoms with Crippen LogP contribution < -0.4 is 14.2 Å². The zero-order valence-electron chi connectivity index (χ0n) is 12.3. The molecule has 0 saturated heterocycles.